The number of hydrogen-bond donors (Lipinski definition) is 5. The zero-order valence-electron chi connectivity index (χ0n) is 23.4. The Morgan fingerprint density at radius 3 is 2.15 bits per heavy atom. The van der Waals surface area contributed by atoms with E-state index in [-0.39, 0.29) is 43.6 Å². The predicted molar refractivity (Wildman–Crippen MR) is 149 cm³/mol. The molecule has 2 rings (SSSR count). The van der Waals surface area contributed by atoms with Gasteiger partial charge >= 0.3 is 12.1 Å². The van der Waals surface area contributed by atoms with Crippen LogP contribution in [0.1, 0.15) is 37.8 Å². The Balaban J connectivity index is 2.03. The Labute approximate surface area is 235 Å². The molecule has 40 heavy (non-hydrogen) atoms. The van der Waals surface area contributed by atoms with Gasteiger partial charge in [-0.1, -0.05) is 56.3 Å². The van der Waals surface area contributed by atoms with Crippen molar-refractivity contribution >= 4 is 23.9 Å². The topological polar surface area (TPSA) is 155 Å². The van der Waals surface area contributed by atoms with Crippen LogP contribution in [-0.4, -0.2) is 67.8 Å². The molecule has 218 valence electrons. The molecule has 0 aliphatic carbocycles. The fraction of sp³-hybridized carbons (Fsp3) is 0.448. The number of ether oxygens (including phenoxy) is 2. The molecule has 3 atom stereocenters. The van der Waals surface area contributed by atoms with Crippen LogP contribution in [0.3, 0.4) is 0 Å². The Kier molecular flexibility index (Phi) is 13.4. The maximum absolute atomic E-state index is 13.4. The van der Waals surface area contributed by atoms with Gasteiger partial charge in [0.15, 0.2) is 0 Å². The van der Waals surface area contributed by atoms with Crippen LogP contribution >= 0.6 is 0 Å². The molecule has 2 aromatic carbocycles. The second-order valence-electron chi connectivity index (χ2n) is 9.75. The fourth-order valence-electron chi connectivity index (χ4n) is 3.99. The van der Waals surface area contributed by atoms with Gasteiger partial charge in [0.25, 0.3) is 0 Å². The smallest absolute Gasteiger partial charge is 0.407 e. The Hall–Kier alpha value is -4.12. The van der Waals surface area contributed by atoms with Crippen molar-refractivity contribution in [2.75, 3.05) is 20.7 Å². The summed E-state index contributed by atoms with van der Waals surface area (Å²) in [6, 6.07) is 13.0. The lowest BCUT2D eigenvalue weighted by Crippen LogP contribution is -2.56. The third-order valence-electron chi connectivity index (χ3n) is 6.08. The zero-order chi connectivity index (χ0) is 29.5. The number of carbonyl (C=O) groups excluding carboxylic acids is 4. The monoisotopic (exact) mass is 556 g/mol. The molecule has 11 heteroatoms. The van der Waals surface area contributed by atoms with E-state index in [0.717, 1.165) is 11.1 Å². The highest BCUT2D eigenvalue weighted by molar-refractivity contribution is 5.90. The molecule has 0 saturated carbocycles. The van der Waals surface area contributed by atoms with Gasteiger partial charge in [0.1, 0.15) is 24.4 Å². The number of phenolic OH excluding ortho intramolecular Hbond substituents is 1. The molecule has 3 amide bonds. The van der Waals surface area contributed by atoms with E-state index in [1.54, 1.807) is 12.1 Å². The second kappa shape index (κ2) is 16.8. The number of esters is 1. The van der Waals surface area contributed by atoms with Crippen LogP contribution in [0.5, 0.6) is 5.75 Å². The van der Waals surface area contributed by atoms with Crippen molar-refractivity contribution in [3.8, 4) is 5.75 Å². The average Bonchev–Trinajstić information content (AvgIpc) is 2.95. The van der Waals surface area contributed by atoms with Gasteiger partial charge in [-0.3, -0.25) is 19.7 Å². The molecule has 0 saturated heterocycles. The number of phenols is 1. The van der Waals surface area contributed by atoms with Crippen molar-refractivity contribution in [2.45, 2.75) is 57.8 Å². The quantitative estimate of drug-likeness (QED) is 0.209. The van der Waals surface area contributed by atoms with E-state index in [4.69, 9.17) is 9.47 Å². The summed E-state index contributed by atoms with van der Waals surface area (Å²) < 4.78 is 10.1. The minimum absolute atomic E-state index is 0.0863. The SMILES string of the molecule is CNC(=O)[C@H](Cc1ccc(O)cc1)NC(=O)[C@H](CC(C)C)N[C@H](CCNC(=O)OCc1ccccc1)C(=O)OC. The third kappa shape index (κ3) is 11.3. The van der Waals surface area contributed by atoms with Crippen LogP contribution in [-0.2, 0) is 36.9 Å². The summed E-state index contributed by atoms with van der Waals surface area (Å²) in [5.74, 6) is -1.24. The number of alkyl carbamates (subject to hydrolysis) is 1. The highest BCUT2D eigenvalue weighted by Crippen LogP contribution is 2.13. The molecule has 0 heterocycles. The molecular weight excluding hydrogens is 516 g/mol. The van der Waals surface area contributed by atoms with Crippen molar-refractivity contribution in [3.05, 3.63) is 65.7 Å². The first-order valence-corrected chi connectivity index (χ1v) is 13.2. The summed E-state index contributed by atoms with van der Waals surface area (Å²) in [5, 5.41) is 20.6. The van der Waals surface area contributed by atoms with E-state index in [2.05, 4.69) is 21.3 Å². The van der Waals surface area contributed by atoms with Crippen molar-refractivity contribution in [2.24, 2.45) is 5.92 Å². The van der Waals surface area contributed by atoms with E-state index in [1.165, 1.54) is 26.3 Å². The van der Waals surface area contributed by atoms with Gasteiger partial charge in [-0.15, -0.1) is 0 Å². The number of amides is 3. The summed E-state index contributed by atoms with van der Waals surface area (Å²) >= 11 is 0. The van der Waals surface area contributed by atoms with Gasteiger partial charge in [-0.25, -0.2) is 4.79 Å². The Morgan fingerprint density at radius 1 is 0.875 bits per heavy atom. The first-order chi connectivity index (χ1) is 19.1. The zero-order valence-corrected chi connectivity index (χ0v) is 23.4. The first-order valence-electron chi connectivity index (χ1n) is 13.2. The fourth-order valence-corrected chi connectivity index (χ4v) is 3.99. The summed E-state index contributed by atoms with van der Waals surface area (Å²) in [5.41, 5.74) is 1.59. The van der Waals surface area contributed by atoms with E-state index >= 15 is 0 Å². The van der Waals surface area contributed by atoms with Gasteiger partial charge in [0.05, 0.1) is 13.2 Å². The lowest BCUT2D eigenvalue weighted by atomic mass is 10.00. The minimum atomic E-state index is -0.899. The van der Waals surface area contributed by atoms with Gasteiger partial charge in [-0.05, 0) is 42.0 Å². The van der Waals surface area contributed by atoms with Crippen molar-refractivity contribution in [1.82, 2.24) is 21.3 Å². The number of hydrogen-bond acceptors (Lipinski definition) is 8. The second-order valence-corrected chi connectivity index (χ2v) is 9.75. The first kappa shape index (κ1) is 32.1. The van der Waals surface area contributed by atoms with Gasteiger partial charge < -0.3 is 30.5 Å². The molecule has 0 fully saturated rings. The van der Waals surface area contributed by atoms with Crippen LogP contribution < -0.4 is 21.3 Å². The molecule has 0 bridgehead atoms. The minimum Gasteiger partial charge on any atom is -0.508 e. The Bertz CT molecular complexity index is 1090. The molecule has 0 spiro atoms. The summed E-state index contributed by atoms with van der Waals surface area (Å²) in [6.07, 6.45) is 0.0919. The summed E-state index contributed by atoms with van der Waals surface area (Å²) in [7, 11) is 2.72. The summed E-state index contributed by atoms with van der Waals surface area (Å²) in [6.45, 7) is 4.08. The molecule has 0 aliphatic heterocycles. The van der Waals surface area contributed by atoms with E-state index in [0.29, 0.717) is 6.42 Å². The van der Waals surface area contributed by atoms with Gasteiger partial charge in [-0.2, -0.15) is 0 Å². The number of methoxy groups -OCH3 is 1. The molecule has 11 nitrogen and oxygen atoms in total. The van der Waals surface area contributed by atoms with Gasteiger partial charge in [0, 0.05) is 20.0 Å². The normalized spacial score (nSPS) is 13.0. The number of benzene rings is 2. The Morgan fingerprint density at radius 2 is 1.55 bits per heavy atom. The highest BCUT2D eigenvalue weighted by atomic mass is 16.5. The highest BCUT2D eigenvalue weighted by Gasteiger charge is 2.30. The van der Waals surface area contributed by atoms with Crippen LogP contribution in [0.2, 0.25) is 0 Å². The molecule has 0 aliphatic rings. The lowest BCUT2D eigenvalue weighted by Gasteiger charge is -2.27. The van der Waals surface area contributed by atoms with Crippen molar-refractivity contribution < 1.29 is 33.8 Å². The lowest BCUT2D eigenvalue weighted by molar-refractivity contribution is -0.144. The summed E-state index contributed by atoms with van der Waals surface area (Å²) in [4.78, 5) is 50.6. The van der Waals surface area contributed by atoms with Crippen molar-refractivity contribution in [1.29, 1.82) is 0 Å². The van der Waals surface area contributed by atoms with E-state index < -0.39 is 36.1 Å². The molecule has 5 N–H and O–H groups in total. The predicted octanol–water partition coefficient (Wildman–Crippen LogP) is 2.03. The van der Waals surface area contributed by atoms with Gasteiger partial charge in [0.2, 0.25) is 11.8 Å². The molecule has 2 aromatic rings. The van der Waals surface area contributed by atoms with Crippen LogP contribution in [0.15, 0.2) is 54.6 Å². The number of likely N-dealkylation sites (N-methyl/N-ethyl adjacent to an activating group) is 1. The van der Waals surface area contributed by atoms with E-state index in [1.807, 2.05) is 44.2 Å². The maximum Gasteiger partial charge on any atom is 0.407 e. The van der Waals surface area contributed by atoms with Crippen LogP contribution in [0.4, 0.5) is 4.79 Å². The number of carbonyl (C=O) groups is 4. The number of rotatable bonds is 15. The molecule has 0 aromatic heterocycles. The average molecular weight is 557 g/mol. The van der Waals surface area contributed by atoms with Crippen LogP contribution in [0, 0.1) is 5.92 Å². The van der Waals surface area contributed by atoms with E-state index in [9.17, 15) is 24.3 Å². The standard InChI is InChI=1S/C29H40N4O7/c1-19(2)16-24(27(36)33-25(26(35)30-3)17-20-10-12-22(34)13-11-20)32-23(28(37)39-4)14-15-31-29(38)40-18-21-8-6-5-7-9-21/h5-13,19,23-25,32,34H,14-18H2,1-4H3,(H,30,35)(H,31,38)(H,33,36)/t23-,24+,25+/m1/s1. The van der Waals surface area contributed by atoms with Crippen LogP contribution in [0.25, 0.3) is 0 Å². The molecule has 0 unspecified atom stereocenters. The number of aromatic hydroxyl groups is 1. The third-order valence-corrected chi connectivity index (χ3v) is 6.08. The molecule has 0 radical (unpaired) electrons. The number of nitrogens with one attached hydrogen (secondary N) is 4. The largest absolute Gasteiger partial charge is 0.508 e. The maximum atomic E-state index is 13.4. The van der Waals surface area contributed by atoms with Crippen molar-refractivity contribution in [3.63, 3.8) is 0 Å². The molecular formula is C29H40N4O7.